The maximum absolute atomic E-state index is 12.7. The number of imide groups is 1. The van der Waals surface area contributed by atoms with Crippen molar-refractivity contribution in [2.45, 2.75) is 26.1 Å². The summed E-state index contributed by atoms with van der Waals surface area (Å²) in [6, 6.07) is 5.80. The summed E-state index contributed by atoms with van der Waals surface area (Å²) in [7, 11) is 0. The zero-order chi connectivity index (χ0) is 14.0. The number of rotatable bonds is 1. The lowest BCUT2D eigenvalue weighted by atomic mass is 9.85. The van der Waals surface area contributed by atoms with E-state index in [0.29, 0.717) is 0 Å². The third-order valence-electron chi connectivity index (χ3n) is 4.57. The van der Waals surface area contributed by atoms with Crippen molar-refractivity contribution >= 4 is 17.5 Å². The normalized spacial score (nSPS) is 34.2. The molecule has 20 heavy (non-hydrogen) atoms. The Morgan fingerprint density at radius 2 is 1.45 bits per heavy atom. The molecule has 0 N–H and O–H groups in total. The lowest BCUT2D eigenvalue weighted by molar-refractivity contribution is -0.124. The Balaban J connectivity index is 1.82. The van der Waals surface area contributed by atoms with Crippen molar-refractivity contribution in [1.29, 1.82) is 0 Å². The highest BCUT2D eigenvalue weighted by Gasteiger charge is 2.61. The number of benzene rings is 1. The van der Waals surface area contributed by atoms with Crippen LogP contribution in [0.25, 0.3) is 0 Å². The average molecular weight is 269 g/mol. The predicted molar refractivity (Wildman–Crippen MR) is 73.2 cm³/mol. The first-order valence-electron chi connectivity index (χ1n) is 6.87. The van der Waals surface area contributed by atoms with Gasteiger partial charge < -0.3 is 4.74 Å². The van der Waals surface area contributed by atoms with Gasteiger partial charge in [-0.2, -0.15) is 0 Å². The maximum Gasteiger partial charge on any atom is 0.240 e. The van der Waals surface area contributed by atoms with Crippen LogP contribution in [0.4, 0.5) is 5.69 Å². The SMILES string of the molecule is Cc1cccc(C)c1N1C(=O)[C@@H]2[C@@H](C1=O)[C@@H]1C=C[C@@H]2O1. The van der Waals surface area contributed by atoms with E-state index < -0.39 is 0 Å². The molecule has 0 unspecified atom stereocenters. The highest BCUT2D eigenvalue weighted by molar-refractivity contribution is 6.23. The molecule has 4 atom stereocenters. The zero-order valence-electron chi connectivity index (χ0n) is 11.4. The van der Waals surface area contributed by atoms with Crippen LogP contribution >= 0.6 is 0 Å². The maximum atomic E-state index is 12.7. The predicted octanol–water partition coefficient (Wildman–Crippen LogP) is 1.75. The number of carbonyl (C=O) groups is 2. The number of anilines is 1. The Bertz CT molecular complexity index is 613. The van der Waals surface area contributed by atoms with Crippen LogP contribution in [-0.2, 0) is 14.3 Å². The number of aryl methyl sites for hydroxylation is 2. The number of hydrogen-bond acceptors (Lipinski definition) is 3. The molecule has 4 nitrogen and oxygen atoms in total. The second-order valence-corrected chi connectivity index (χ2v) is 5.75. The first-order chi connectivity index (χ1) is 9.59. The summed E-state index contributed by atoms with van der Waals surface area (Å²) in [5.74, 6) is -0.906. The van der Waals surface area contributed by atoms with Crippen LogP contribution in [-0.4, -0.2) is 24.0 Å². The van der Waals surface area contributed by atoms with Crippen molar-refractivity contribution in [2.75, 3.05) is 4.90 Å². The Hall–Kier alpha value is -1.94. The molecule has 0 saturated carbocycles. The van der Waals surface area contributed by atoms with E-state index in [0.717, 1.165) is 16.8 Å². The minimum absolute atomic E-state index is 0.116. The Morgan fingerprint density at radius 3 is 1.95 bits per heavy atom. The molecular weight excluding hydrogens is 254 g/mol. The van der Waals surface area contributed by atoms with E-state index in [1.54, 1.807) is 0 Å². The molecule has 2 amide bonds. The van der Waals surface area contributed by atoms with Gasteiger partial charge in [-0.25, -0.2) is 4.90 Å². The van der Waals surface area contributed by atoms with Crippen molar-refractivity contribution < 1.29 is 14.3 Å². The molecule has 0 aromatic heterocycles. The van der Waals surface area contributed by atoms with Gasteiger partial charge in [0.15, 0.2) is 0 Å². The van der Waals surface area contributed by atoms with E-state index in [-0.39, 0.29) is 35.9 Å². The lowest BCUT2D eigenvalue weighted by Crippen LogP contribution is -2.35. The van der Waals surface area contributed by atoms with Crippen LogP contribution in [0.5, 0.6) is 0 Å². The van der Waals surface area contributed by atoms with Gasteiger partial charge >= 0.3 is 0 Å². The third-order valence-corrected chi connectivity index (χ3v) is 4.57. The number of fused-ring (bicyclic) bond motifs is 5. The standard InChI is InChI=1S/C16H15NO3/c1-8-4-3-5-9(2)14(8)17-15(18)12-10-6-7-11(20-10)13(12)16(17)19/h3-7,10-13H,1-2H3/t10-,11-,12-,13-/m0/s1. The number of nitrogens with zero attached hydrogens (tertiary/aromatic N) is 1. The second kappa shape index (κ2) is 3.79. The van der Waals surface area contributed by atoms with E-state index >= 15 is 0 Å². The van der Waals surface area contributed by atoms with E-state index in [1.165, 1.54) is 4.90 Å². The van der Waals surface area contributed by atoms with Gasteiger partial charge in [-0.05, 0) is 25.0 Å². The van der Waals surface area contributed by atoms with Crippen LogP contribution in [0.3, 0.4) is 0 Å². The van der Waals surface area contributed by atoms with Gasteiger partial charge in [0.25, 0.3) is 0 Å². The molecule has 0 aliphatic carbocycles. The third kappa shape index (κ3) is 1.29. The topological polar surface area (TPSA) is 46.6 Å². The van der Waals surface area contributed by atoms with Crippen LogP contribution in [0, 0.1) is 25.7 Å². The van der Waals surface area contributed by atoms with Gasteiger partial charge in [-0.3, -0.25) is 9.59 Å². The highest BCUT2D eigenvalue weighted by atomic mass is 16.5. The smallest absolute Gasteiger partial charge is 0.240 e. The van der Waals surface area contributed by atoms with E-state index in [9.17, 15) is 9.59 Å². The summed E-state index contributed by atoms with van der Waals surface area (Å²) < 4.78 is 5.65. The van der Waals surface area contributed by atoms with Gasteiger partial charge in [0.2, 0.25) is 11.8 Å². The van der Waals surface area contributed by atoms with Crippen molar-refractivity contribution in [2.24, 2.45) is 11.8 Å². The van der Waals surface area contributed by atoms with E-state index in [4.69, 9.17) is 4.74 Å². The van der Waals surface area contributed by atoms with Crippen molar-refractivity contribution in [3.8, 4) is 0 Å². The van der Waals surface area contributed by atoms with Gasteiger partial charge in [-0.15, -0.1) is 0 Å². The van der Waals surface area contributed by atoms with Gasteiger partial charge in [0.05, 0.1) is 29.7 Å². The summed E-state index contributed by atoms with van der Waals surface area (Å²) >= 11 is 0. The summed E-state index contributed by atoms with van der Waals surface area (Å²) in [6.45, 7) is 3.86. The van der Waals surface area contributed by atoms with Crippen LogP contribution in [0.15, 0.2) is 30.4 Å². The number of para-hydroxylation sites is 1. The molecule has 3 heterocycles. The van der Waals surface area contributed by atoms with Crippen molar-refractivity contribution in [3.05, 3.63) is 41.5 Å². The molecular formula is C16H15NO3. The minimum atomic E-state index is -0.337. The molecule has 1 aromatic carbocycles. The zero-order valence-corrected chi connectivity index (χ0v) is 11.4. The van der Waals surface area contributed by atoms with Crippen LogP contribution in [0.2, 0.25) is 0 Å². The fourth-order valence-corrected chi connectivity index (χ4v) is 3.68. The summed E-state index contributed by atoms with van der Waals surface area (Å²) in [4.78, 5) is 26.8. The van der Waals surface area contributed by atoms with Crippen LogP contribution in [0.1, 0.15) is 11.1 Å². The molecule has 0 spiro atoms. The molecule has 1 aromatic rings. The molecule has 3 aliphatic rings. The monoisotopic (exact) mass is 269 g/mol. The van der Waals surface area contributed by atoms with Gasteiger partial charge in [-0.1, -0.05) is 30.4 Å². The average Bonchev–Trinajstić information content (AvgIpc) is 3.07. The summed E-state index contributed by atoms with van der Waals surface area (Å²) in [6.07, 6.45) is 3.36. The first kappa shape index (κ1) is 11.9. The fourth-order valence-electron chi connectivity index (χ4n) is 3.68. The van der Waals surface area contributed by atoms with E-state index in [2.05, 4.69) is 0 Å². The summed E-state index contributed by atoms with van der Waals surface area (Å²) in [5, 5.41) is 0. The number of carbonyl (C=O) groups excluding carboxylic acids is 2. The molecule has 2 saturated heterocycles. The summed E-state index contributed by atoms with van der Waals surface area (Å²) in [5.41, 5.74) is 2.65. The van der Waals surface area contributed by atoms with Crippen molar-refractivity contribution in [1.82, 2.24) is 0 Å². The first-order valence-corrected chi connectivity index (χ1v) is 6.87. The molecule has 102 valence electrons. The molecule has 0 radical (unpaired) electrons. The Morgan fingerprint density at radius 1 is 0.950 bits per heavy atom. The van der Waals surface area contributed by atoms with Crippen LogP contribution < -0.4 is 4.90 Å². The van der Waals surface area contributed by atoms with E-state index in [1.807, 2.05) is 44.2 Å². The molecule has 4 heteroatoms. The molecule has 2 fully saturated rings. The fraction of sp³-hybridized carbons (Fsp3) is 0.375. The minimum Gasteiger partial charge on any atom is -0.365 e. The molecule has 2 bridgehead atoms. The lowest BCUT2D eigenvalue weighted by Gasteiger charge is -2.21. The Labute approximate surface area is 117 Å². The molecule has 3 aliphatic heterocycles. The van der Waals surface area contributed by atoms with Crippen molar-refractivity contribution in [3.63, 3.8) is 0 Å². The van der Waals surface area contributed by atoms with Gasteiger partial charge in [0.1, 0.15) is 0 Å². The Kier molecular flexibility index (Phi) is 2.25. The number of hydrogen-bond donors (Lipinski definition) is 0. The quantitative estimate of drug-likeness (QED) is 0.576. The number of amides is 2. The number of ether oxygens (including phenoxy) is 1. The molecule has 4 rings (SSSR count). The second-order valence-electron chi connectivity index (χ2n) is 5.75. The highest BCUT2D eigenvalue weighted by Crippen LogP contribution is 2.47. The largest absolute Gasteiger partial charge is 0.365 e. The van der Waals surface area contributed by atoms with Gasteiger partial charge in [0, 0.05) is 0 Å².